The Morgan fingerprint density at radius 3 is 3.00 bits per heavy atom. The van der Waals surface area contributed by atoms with Gasteiger partial charge in [-0.15, -0.1) is 11.8 Å². The van der Waals surface area contributed by atoms with Crippen LogP contribution in [0.15, 0.2) is 0 Å². The summed E-state index contributed by atoms with van der Waals surface area (Å²) in [7, 11) is 0. The third kappa shape index (κ3) is 2.77. The lowest BCUT2D eigenvalue weighted by molar-refractivity contribution is 0.0761. The van der Waals surface area contributed by atoms with Crippen LogP contribution >= 0.6 is 11.8 Å². The molecule has 76 valence electrons. The Hall–Kier alpha value is -0.420. The largest absolute Gasteiger partial charge is 0.447 e. The zero-order valence-electron chi connectivity index (χ0n) is 8.03. The van der Waals surface area contributed by atoms with Gasteiger partial charge in [-0.05, 0) is 13.8 Å². The number of ether oxygens (including phenoxy) is 1. The van der Waals surface area contributed by atoms with Gasteiger partial charge in [0.05, 0.1) is 18.0 Å². The number of nitrogens with two attached hydrogens (primary N) is 1. The van der Waals surface area contributed by atoms with Crippen molar-refractivity contribution in [3.05, 3.63) is 0 Å². The molecule has 0 aromatic rings. The number of carbonyl (C=O) groups is 1. The van der Waals surface area contributed by atoms with Crippen molar-refractivity contribution in [2.75, 3.05) is 18.2 Å². The summed E-state index contributed by atoms with van der Waals surface area (Å²) in [5.74, 6) is 1.62. The predicted molar refractivity (Wildman–Crippen MR) is 53.6 cm³/mol. The highest BCUT2D eigenvalue weighted by Crippen LogP contribution is 2.21. The zero-order valence-corrected chi connectivity index (χ0v) is 8.84. The van der Waals surface area contributed by atoms with Crippen molar-refractivity contribution < 1.29 is 9.53 Å². The van der Waals surface area contributed by atoms with Crippen LogP contribution in [-0.4, -0.2) is 41.3 Å². The first-order valence-electron chi connectivity index (χ1n) is 4.40. The Bertz CT molecular complexity index is 187. The van der Waals surface area contributed by atoms with Gasteiger partial charge in [0.1, 0.15) is 0 Å². The van der Waals surface area contributed by atoms with Crippen molar-refractivity contribution in [1.82, 2.24) is 4.90 Å². The first-order chi connectivity index (χ1) is 6.15. The number of hydrogen-bond donors (Lipinski definition) is 1. The predicted octanol–water partition coefficient (Wildman–Crippen LogP) is 0.865. The van der Waals surface area contributed by atoms with Crippen LogP contribution in [0, 0.1) is 0 Å². The molecule has 13 heavy (non-hydrogen) atoms. The Kier molecular flexibility index (Phi) is 3.87. The maximum Gasteiger partial charge on any atom is 0.411 e. The second kappa shape index (κ2) is 4.72. The highest BCUT2D eigenvalue weighted by atomic mass is 32.2. The van der Waals surface area contributed by atoms with Gasteiger partial charge < -0.3 is 10.5 Å². The first-order valence-corrected chi connectivity index (χ1v) is 5.55. The number of carbonyl (C=O) groups excluding carboxylic acids is 1. The SMILES string of the molecule is CC(C)OC(=O)N1CSCC1CN. The van der Waals surface area contributed by atoms with Crippen LogP contribution in [0.3, 0.4) is 0 Å². The quantitative estimate of drug-likeness (QED) is 0.725. The molecule has 4 nitrogen and oxygen atoms in total. The molecule has 0 aromatic heterocycles. The first kappa shape index (κ1) is 10.7. The molecule has 1 rings (SSSR count). The molecule has 0 spiro atoms. The Balaban J connectivity index is 2.45. The van der Waals surface area contributed by atoms with Crippen LogP contribution in [0.4, 0.5) is 4.79 Å². The molecule has 0 radical (unpaired) electrons. The maximum absolute atomic E-state index is 11.5. The summed E-state index contributed by atoms with van der Waals surface area (Å²) in [6.45, 7) is 4.21. The number of nitrogens with zero attached hydrogens (tertiary/aromatic N) is 1. The van der Waals surface area contributed by atoms with Gasteiger partial charge in [0.25, 0.3) is 0 Å². The van der Waals surface area contributed by atoms with E-state index in [9.17, 15) is 4.79 Å². The van der Waals surface area contributed by atoms with Crippen molar-refractivity contribution >= 4 is 17.9 Å². The zero-order chi connectivity index (χ0) is 9.84. The van der Waals surface area contributed by atoms with E-state index in [0.717, 1.165) is 5.75 Å². The van der Waals surface area contributed by atoms with Crippen LogP contribution in [0.1, 0.15) is 13.8 Å². The third-order valence-electron chi connectivity index (χ3n) is 1.82. The van der Waals surface area contributed by atoms with Crippen molar-refractivity contribution in [2.24, 2.45) is 5.73 Å². The van der Waals surface area contributed by atoms with Crippen LogP contribution < -0.4 is 5.73 Å². The lowest BCUT2D eigenvalue weighted by Crippen LogP contribution is -2.42. The van der Waals surface area contributed by atoms with Crippen LogP contribution in [0.25, 0.3) is 0 Å². The van der Waals surface area contributed by atoms with E-state index < -0.39 is 0 Å². The van der Waals surface area contributed by atoms with Gasteiger partial charge in [0.2, 0.25) is 0 Å². The highest BCUT2D eigenvalue weighted by molar-refractivity contribution is 7.99. The molecule has 1 atom stereocenters. The van der Waals surface area contributed by atoms with Gasteiger partial charge in [0, 0.05) is 12.3 Å². The van der Waals surface area contributed by atoms with E-state index >= 15 is 0 Å². The van der Waals surface area contributed by atoms with Crippen LogP contribution in [0.2, 0.25) is 0 Å². The molecule has 0 aromatic carbocycles. The van der Waals surface area contributed by atoms with E-state index in [1.165, 1.54) is 0 Å². The van der Waals surface area contributed by atoms with Crippen LogP contribution in [0.5, 0.6) is 0 Å². The molecule has 0 saturated carbocycles. The minimum Gasteiger partial charge on any atom is -0.447 e. The third-order valence-corrected chi connectivity index (χ3v) is 2.91. The van der Waals surface area contributed by atoms with Gasteiger partial charge in [-0.2, -0.15) is 0 Å². The Morgan fingerprint density at radius 2 is 2.46 bits per heavy atom. The van der Waals surface area contributed by atoms with E-state index in [0.29, 0.717) is 12.4 Å². The number of hydrogen-bond acceptors (Lipinski definition) is 4. The molecular formula is C8H16N2O2S. The molecule has 0 aliphatic carbocycles. The van der Waals surface area contributed by atoms with Crippen molar-refractivity contribution in [1.29, 1.82) is 0 Å². The molecule has 1 amide bonds. The van der Waals surface area contributed by atoms with Crippen molar-refractivity contribution in [3.8, 4) is 0 Å². The minimum absolute atomic E-state index is 0.0588. The van der Waals surface area contributed by atoms with Gasteiger partial charge >= 0.3 is 6.09 Å². The fourth-order valence-electron chi connectivity index (χ4n) is 1.15. The van der Waals surface area contributed by atoms with Gasteiger partial charge in [-0.25, -0.2) is 4.79 Å². The normalized spacial score (nSPS) is 22.5. The standard InChI is InChI=1S/C8H16N2O2S/c1-6(2)12-8(11)10-5-13-4-7(10)3-9/h6-7H,3-5,9H2,1-2H3. The van der Waals surface area contributed by atoms with E-state index in [1.54, 1.807) is 16.7 Å². The Labute approximate surface area is 82.8 Å². The lowest BCUT2D eigenvalue weighted by Gasteiger charge is -2.22. The van der Waals surface area contributed by atoms with E-state index in [2.05, 4.69) is 0 Å². The molecule has 1 heterocycles. The molecule has 0 bridgehead atoms. The molecular weight excluding hydrogens is 188 g/mol. The molecule has 5 heteroatoms. The summed E-state index contributed by atoms with van der Waals surface area (Å²) >= 11 is 1.72. The average Bonchev–Trinajstić information content (AvgIpc) is 2.49. The van der Waals surface area contributed by atoms with Crippen molar-refractivity contribution in [3.63, 3.8) is 0 Å². The second-order valence-electron chi connectivity index (χ2n) is 3.29. The maximum atomic E-state index is 11.5. The summed E-state index contributed by atoms with van der Waals surface area (Å²) in [6.07, 6.45) is -0.299. The average molecular weight is 204 g/mol. The number of rotatable bonds is 2. The number of amides is 1. The second-order valence-corrected chi connectivity index (χ2v) is 4.29. The summed E-state index contributed by atoms with van der Waals surface area (Å²) < 4.78 is 5.08. The van der Waals surface area contributed by atoms with E-state index in [-0.39, 0.29) is 18.2 Å². The lowest BCUT2D eigenvalue weighted by atomic mass is 10.3. The van der Waals surface area contributed by atoms with Gasteiger partial charge in [-0.1, -0.05) is 0 Å². The summed E-state index contributed by atoms with van der Waals surface area (Å²) in [6, 6.07) is 0.149. The van der Waals surface area contributed by atoms with Crippen molar-refractivity contribution in [2.45, 2.75) is 26.0 Å². The van der Waals surface area contributed by atoms with E-state index in [1.807, 2.05) is 13.8 Å². The summed E-state index contributed by atoms with van der Waals surface area (Å²) in [5, 5.41) is 0. The molecule has 1 saturated heterocycles. The molecule has 2 N–H and O–H groups in total. The fourth-order valence-corrected chi connectivity index (χ4v) is 2.36. The summed E-state index contributed by atoms with van der Waals surface area (Å²) in [4.78, 5) is 13.2. The smallest absolute Gasteiger partial charge is 0.411 e. The van der Waals surface area contributed by atoms with Gasteiger partial charge in [-0.3, -0.25) is 4.90 Å². The monoisotopic (exact) mass is 204 g/mol. The number of thioether (sulfide) groups is 1. The van der Waals surface area contributed by atoms with E-state index in [4.69, 9.17) is 10.5 Å². The minimum atomic E-state index is -0.240. The molecule has 1 fully saturated rings. The Morgan fingerprint density at radius 1 is 1.77 bits per heavy atom. The molecule has 1 unspecified atom stereocenters. The molecule has 1 aliphatic heterocycles. The highest BCUT2D eigenvalue weighted by Gasteiger charge is 2.29. The summed E-state index contributed by atoms with van der Waals surface area (Å²) in [5.41, 5.74) is 5.53. The topological polar surface area (TPSA) is 55.6 Å². The molecule has 1 aliphatic rings. The van der Waals surface area contributed by atoms with Crippen LogP contribution in [-0.2, 0) is 4.74 Å². The fraction of sp³-hybridized carbons (Fsp3) is 0.875. The van der Waals surface area contributed by atoms with Gasteiger partial charge in [0.15, 0.2) is 0 Å².